The van der Waals surface area contributed by atoms with Gasteiger partial charge in [-0.05, 0) is 24.6 Å². The van der Waals surface area contributed by atoms with E-state index in [0.717, 1.165) is 24.5 Å². The molecule has 0 spiro atoms. The van der Waals surface area contributed by atoms with E-state index in [1.807, 2.05) is 0 Å². The number of hydrogen-bond acceptors (Lipinski definition) is 4. The molecule has 0 unspecified atom stereocenters. The molecule has 21 heavy (non-hydrogen) atoms. The lowest BCUT2D eigenvalue weighted by Crippen LogP contribution is -2.30. The van der Waals surface area contributed by atoms with Crippen molar-refractivity contribution in [1.29, 1.82) is 0 Å². The third kappa shape index (κ3) is 6.21. The smallest absolute Gasteiger partial charge is 0.335 e. The van der Waals surface area contributed by atoms with Gasteiger partial charge in [0.05, 0.1) is 17.0 Å². The van der Waals surface area contributed by atoms with Crippen molar-refractivity contribution in [2.75, 3.05) is 23.9 Å². The number of hydrogen-bond donors (Lipinski definition) is 3. The zero-order valence-corrected chi connectivity index (χ0v) is 12.0. The van der Waals surface area contributed by atoms with Gasteiger partial charge < -0.3 is 15.7 Å². The molecule has 0 fully saturated rings. The van der Waals surface area contributed by atoms with Gasteiger partial charge in [0.15, 0.2) is 0 Å². The Hall–Kier alpha value is -2.16. The van der Waals surface area contributed by atoms with Crippen LogP contribution < -0.4 is 10.6 Å². The summed E-state index contributed by atoms with van der Waals surface area (Å²) in [5, 5.41) is 13.3. The summed E-state index contributed by atoms with van der Waals surface area (Å²) in [7, 11) is -3.10. The molecule has 0 aliphatic rings. The maximum Gasteiger partial charge on any atom is 0.335 e. The summed E-state index contributed by atoms with van der Waals surface area (Å²) in [6.07, 6.45) is 1.31. The number of rotatable bonds is 6. The molecule has 9 heteroatoms. The van der Waals surface area contributed by atoms with E-state index in [1.54, 1.807) is 0 Å². The highest BCUT2D eigenvalue weighted by Gasteiger charge is 2.11. The number of carbonyl (C=O) groups is 2. The van der Waals surface area contributed by atoms with Crippen LogP contribution in [0.1, 0.15) is 16.8 Å². The number of carboxylic acids is 1. The average Bonchev–Trinajstić information content (AvgIpc) is 2.36. The fourth-order valence-corrected chi connectivity index (χ4v) is 2.13. The fraction of sp³-hybridized carbons (Fsp3) is 0.333. The number of carbonyl (C=O) groups excluding carboxylic acids is 1. The summed E-state index contributed by atoms with van der Waals surface area (Å²) < 4.78 is 35.2. The minimum absolute atomic E-state index is 0.0733. The largest absolute Gasteiger partial charge is 0.478 e. The van der Waals surface area contributed by atoms with Crippen LogP contribution in [0.25, 0.3) is 0 Å². The van der Waals surface area contributed by atoms with Crippen LogP contribution in [0.2, 0.25) is 0 Å². The zero-order chi connectivity index (χ0) is 16.0. The van der Waals surface area contributed by atoms with Crippen LogP contribution in [0.15, 0.2) is 18.2 Å². The van der Waals surface area contributed by atoms with Crippen molar-refractivity contribution >= 4 is 27.5 Å². The molecule has 0 aliphatic carbocycles. The Morgan fingerprint density at radius 2 is 2.00 bits per heavy atom. The second kappa shape index (κ2) is 7.02. The Bertz CT molecular complexity index is 645. The normalized spacial score (nSPS) is 11.0. The third-order valence-electron chi connectivity index (χ3n) is 2.44. The summed E-state index contributed by atoms with van der Waals surface area (Å²) in [6.45, 7) is 0.0964. The Labute approximate surface area is 121 Å². The molecule has 0 heterocycles. The van der Waals surface area contributed by atoms with E-state index >= 15 is 0 Å². The summed E-state index contributed by atoms with van der Waals surface area (Å²) in [6, 6.07) is 2.26. The van der Waals surface area contributed by atoms with Crippen molar-refractivity contribution < 1.29 is 27.5 Å². The van der Waals surface area contributed by atoms with Crippen molar-refractivity contribution in [3.63, 3.8) is 0 Å². The quantitative estimate of drug-likeness (QED) is 0.679. The monoisotopic (exact) mass is 318 g/mol. The third-order valence-corrected chi connectivity index (χ3v) is 3.47. The molecule has 3 N–H and O–H groups in total. The van der Waals surface area contributed by atoms with Gasteiger partial charge >= 0.3 is 12.0 Å². The Kier molecular flexibility index (Phi) is 5.65. The summed E-state index contributed by atoms with van der Waals surface area (Å²) in [5.74, 6) is -2.09. The minimum atomic E-state index is -3.10. The molecule has 1 aromatic rings. The van der Waals surface area contributed by atoms with Gasteiger partial charge in [0.25, 0.3) is 0 Å². The topological polar surface area (TPSA) is 113 Å². The van der Waals surface area contributed by atoms with E-state index in [2.05, 4.69) is 10.6 Å². The maximum atomic E-state index is 13.4. The summed E-state index contributed by atoms with van der Waals surface area (Å²) in [4.78, 5) is 22.2. The van der Waals surface area contributed by atoms with E-state index in [1.165, 1.54) is 0 Å². The number of anilines is 1. The van der Waals surface area contributed by atoms with Gasteiger partial charge in [-0.25, -0.2) is 22.4 Å². The van der Waals surface area contributed by atoms with Crippen LogP contribution in [0, 0.1) is 5.82 Å². The highest BCUT2D eigenvalue weighted by atomic mass is 32.2. The van der Waals surface area contributed by atoms with Crippen LogP contribution in [-0.4, -0.2) is 44.1 Å². The summed E-state index contributed by atoms with van der Waals surface area (Å²) in [5.41, 5.74) is -0.431. The molecule has 7 nitrogen and oxygen atoms in total. The number of sulfone groups is 1. The van der Waals surface area contributed by atoms with E-state index in [-0.39, 0.29) is 30.0 Å². The molecule has 0 atom stereocenters. The number of nitrogens with one attached hydrogen (secondary N) is 2. The van der Waals surface area contributed by atoms with E-state index in [0.29, 0.717) is 0 Å². The lowest BCUT2D eigenvalue weighted by molar-refractivity contribution is 0.0697. The molecule has 0 aromatic heterocycles. The van der Waals surface area contributed by atoms with Gasteiger partial charge in [0, 0.05) is 12.8 Å². The predicted molar refractivity (Wildman–Crippen MR) is 74.7 cm³/mol. The number of aromatic carboxylic acids is 1. The van der Waals surface area contributed by atoms with Crippen LogP contribution in [0.4, 0.5) is 14.9 Å². The lowest BCUT2D eigenvalue weighted by atomic mass is 10.2. The molecule has 116 valence electrons. The Morgan fingerprint density at radius 3 is 2.57 bits per heavy atom. The van der Waals surface area contributed by atoms with Crippen LogP contribution >= 0.6 is 0 Å². The molecule has 1 rings (SSSR count). The first-order valence-electron chi connectivity index (χ1n) is 5.94. The number of carboxylic acid groups (broad SMARTS) is 1. The molecule has 2 amide bonds. The predicted octanol–water partition coefficient (Wildman–Crippen LogP) is 1.08. The van der Waals surface area contributed by atoms with Gasteiger partial charge in [-0.15, -0.1) is 0 Å². The first kappa shape index (κ1) is 16.9. The molecule has 0 saturated heterocycles. The van der Waals surface area contributed by atoms with E-state index in [4.69, 9.17) is 5.11 Å². The van der Waals surface area contributed by atoms with Crippen molar-refractivity contribution in [1.82, 2.24) is 5.32 Å². The number of benzene rings is 1. The number of urea groups is 1. The highest BCUT2D eigenvalue weighted by molar-refractivity contribution is 7.90. The molecule has 0 aliphatic heterocycles. The van der Waals surface area contributed by atoms with Gasteiger partial charge in [-0.2, -0.15) is 0 Å². The molecule has 0 radical (unpaired) electrons. The molecule has 0 bridgehead atoms. The summed E-state index contributed by atoms with van der Waals surface area (Å²) >= 11 is 0. The van der Waals surface area contributed by atoms with E-state index < -0.39 is 27.7 Å². The van der Waals surface area contributed by atoms with Crippen LogP contribution in [0.5, 0.6) is 0 Å². The second-order valence-electron chi connectivity index (χ2n) is 4.36. The SMILES string of the molecule is CS(=O)(=O)CCCNC(=O)Nc1cc(C(=O)O)ccc1F. The number of halogens is 1. The highest BCUT2D eigenvalue weighted by Crippen LogP contribution is 2.16. The maximum absolute atomic E-state index is 13.4. The fourth-order valence-electron chi connectivity index (χ4n) is 1.46. The molecule has 1 aromatic carbocycles. The van der Waals surface area contributed by atoms with Crippen LogP contribution in [-0.2, 0) is 9.84 Å². The van der Waals surface area contributed by atoms with Crippen molar-refractivity contribution in [2.45, 2.75) is 6.42 Å². The van der Waals surface area contributed by atoms with Gasteiger partial charge in [-0.1, -0.05) is 0 Å². The van der Waals surface area contributed by atoms with Crippen molar-refractivity contribution in [3.8, 4) is 0 Å². The van der Waals surface area contributed by atoms with Gasteiger partial charge in [0.2, 0.25) is 0 Å². The molecule has 0 saturated carbocycles. The average molecular weight is 318 g/mol. The standard InChI is InChI=1S/C12H15FN2O5S/c1-21(19,20)6-2-5-14-12(18)15-10-7-8(11(16)17)3-4-9(10)13/h3-4,7H,2,5-6H2,1H3,(H,16,17)(H2,14,15,18). The van der Waals surface area contributed by atoms with Crippen LogP contribution in [0.3, 0.4) is 0 Å². The zero-order valence-electron chi connectivity index (χ0n) is 11.2. The minimum Gasteiger partial charge on any atom is -0.478 e. The van der Waals surface area contributed by atoms with E-state index in [9.17, 15) is 22.4 Å². The Morgan fingerprint density at radius 1 is 1.33 bits per heavy atom. The molecular weight excluding hydrogens is 303 g/mol. The molecular formula is C12H15FN2O5S. The lowest BCUT2D eigenvalue weighted by Gasteiger charge is -2.09. The second-order valence-corrected chi connectivity index (χ2v) is 6.62. The first-order valence-corrected chi connectivity index (χ1v) is 8.00. The first-order chi connectivity index (χ1) is 9.69. The van der Waals surface area contributed by atoms with Crippen molar-refractivity contribution in [3.05, 3.63) is 29.6 Å². The number of amides is 2. The van der Waals surface area contributed by atoms with Gasteiger partial charge in [0.1, 0.15) is 15.7 Å². The Balaban J connectivity index is 2.55. The van der Waals surface area contributed by atoms with Gasteiger partial charge in [-0.3, -0.25) is 0 Å². The van der Waals surface area contributed by atoms with Crippen molar-refractivity contribution in [2.24, 2.45) is 0 Å².